The molecule has 2 aromatic carbocycles. The number of phenols is 2. The van der Waals surface area contributed by atoms with Crippen LogP contribution < -0.4 is 14.8 Å². The van der Waals surface area contributed by atoms with Crippen LogP contribution in [0, 0.1) is 0 Å². The van der Waals surface area contributed by atoms with Gasteiger partial charge in [-0.3, -0.25) is 0 Å². The Hall–Kier alpha value is -2.40. The molecule has 0 bridgehead atoms. The van der Waals surface area contributed by atoms with Gasteiger partial charge in [-0.15, -0.1) is 0 Å². The minimum absolute atomic E-state index is 0.0803. The molecular weight excluding hydrogens is 270 g/mol. The minimum atomic E-state index is -0.0907. The van der Waals surface area contributed by atoms with Crippen molar-refractivity contribution in [1.29, 1.82) is 0 Å². The Balaban J connectivity index is 1.49. The van der Waals surface area contributed by atoms with E-state index in [1.54, 1.807) is 12.1 Å². The van der Waals surface area contributed by atoms with Gasteiger partial charge in [0.1, 0.15) is 0 Å². The molecule has 0 saturated heterocycles. The molecule has 3 N–H and O–H groups in total. The summed E-state index contributed by atoms with van der Waals surface area (Å²) in [7, 11) is 0. The summed E-state index contributed by atoms with van der Waals surface area (Å²) >= 11 is 0. The van der Waals surface area contributed by atoms with Crippen LogP contribution in [0.1, 0.15) is 11.1 Å². The van der Waals surface area contributed by atoms with Crippen LogP contribution in [0.2, 0.25) is 0 Å². The molecule has 1 heterocycles. The van der Waals surface area contributed by atoms with Crippen LogP contribution in [-0.2, 0) is 13.0 Å². The van der Waals surface area contributed by atoms with Crippen molar-refractivity contribution in [3.63, 3.8) is 0 Å². The van der Waals surface area contributed by atoms with E-state index in [1.165, 1.54) is 6.07 Å². The normalized spacial score (nSPS) is 12.6. The molecule has 5 heteroatoms. The number of rotatable bonds is 5. The molecule has 1 aliphatic heterocycles. The molecule has 5 nitrogen and oxygen atoms in total. The summed E-state index contributed by atoms with van der Waals surface area (Å²) in [5.74, 6) is 1.41. The molecule has 0 spiro atoms. The molecule has 0 atom stereocenters. The van der Waals surface area contributed by atoms with Gasteiger partial charge >= 0.3 is 0 Å². The van der Waals surface area contributed by atoms with Crippen molar-refractivity contribution in [3.8, 4) is 23.0 Å². The quantitative estimate of drug-likeness (QED) is 0.580. The van der Waals surface area contributed by atoms with E-state index < -0.39 is 0 Å². The fourth-order valence-electron chi connectivity index (χ4n) is 2.24. The maximum Gasteiger partial charge on any atom is 0.231 e. The van der Waals surface area contributed by atoms with Gasteiger partial charge < -0.3 is 25.0 Å². The van der Waals surface area contributed by atoms with Gasteiger partial charge in [-0.25, -0.2) is 0 Å². The molecule has 0 radical (unpaired) electrons. The number of nitrogens with one attached hydrogen (secondary N) is 1. The van der Waals surface area contributed by atoms with Crippen molar-refractivity contribution in [2.24, 2.45) is 0 Å². The highest BCUT2D eigenvalue weighted by Crippen LogP contribution is 2.32. The minimum Gasteiger partial charge on any atom is -0.504 e. The summed E-state index contributed by atoms with van der Waals surface area (Å²) < 4.78 is 10.6. The summed E-state index contributed by atoms with van der Waals surface area (Å²) in [4.78, 5) is 0. The average molecular weight is 287 g/mol. The number of phenolic OH excluding ortho intramolecular Hbond substituents is 2. The summed E-state index contributed by atoms with van der Waals surface area (Å²) in [5, 5.41) is 22.0. The first kappa shape index (κ1) is 13.6. The van der Waals surface area contributed by atoms with Crippen LogP contribution in [0.5, 0.6) is 23.0 Å². The predicted molar refractivity (Wildman–Crippen MR) is 77.7 cm³/mol. The smallest absolute Gasteiger partial charge is 0.231 e. The number of benzene rings is 2. The van der Waals surface area contributed by atoms with E-state index in [2.05, 4.69) is 5.32 Å². The van der Waals surface area contributed by atoms with Gasteiger partial charge in [-0.2, -0.15) is 0 Å². The van der Waals surface area contributed by atoms with Crippen LogP contribution in [0.25, 0.3) is 0 Å². The highest BCUT2D eigenvalue weighted by molar-refractivity contribution is 5.44. The highest BCUT2D eigenvalue weighted by atomic mass is 16.7. The Morgan fingerprint density at radius 2 is 1.71 bits per heavy atom. The van der Waals surface area contributed by atoms with E-state index in [0.29, 0.717) is 0 Å². The fourth-order valence-corrected chi connectivity index (χ4v) is 2.24. The molecule has 0 saturated carbocycles. The molecule has 0 aliphatic carbocycles. The second-order valence-corrected chi connectivity index (χ2v) is 4.94. The number of hydrogen-bond acceptors (Lipinski definition) is 5. The largest absolute Gasteiger partial charge is 0.504 e. The van der Waals surface area contributed by atoms with Gasteiger partial charge in [0.05, 0.1) is 0 Å². The van der Waals surface area contributed by atoms with Crippen LogP contribution in [0.4, 0.5) is 0 Å². The molecule has 21 heavy (non-hydrogen) atoms. The van der Waals surface area contributed by atoms with Gasteiger partial charge in [0.15, 0.2) is 23.0 Å². The van der Waals surface area contributed by atoms with E-state index >= 15 is 0 Å². The highest BCUT2D eigenvalue weighted by Gasteiger charge is 2.12. The Morgan fingerprint density at radius 3 is 2.57 bits per heavy atom. The molecular formula is C16H17NO4. The molecule has 0 unspecified atom stereocenters. The van der Waals surface area contributed by atoms with Gasteiger partial charge in [-0.1, -0.05) is 12.1 Å². The molecule has 0 fully saturated rings. The molecule has 3 rings (SSSR count). The van der Waals surface area contributed by atoms with Gasteiger partial charge in [-0.05, 0) is 48.4 Å². The fraction of sp³-hybridized carbons (Fsp3) is 0.250. The van der Waals surface area contributed by atoms with Crippen LogP contribution in [0.15, 0.2) is 36.4 Å². The third kappa shape index (κ3) is 3.20. The summed E-state index contributed by atoms with van der Waals surface area (Å²) in [6, 6.07) is 10.8. The van der Waals surface area contributed by atoms with E-state index in [4.69, 9.17) is 9.47 Å². The number of aromatic hydroxyl groups is 2. The van der Waals surface area contributed by atoms with Crippen molar-refractivity contribution in [1.82, 2.24) is 5.32 Å². The third-order valence-corrected chi connectivity index (χ3v) is 3.40. The first-order valence-electron chi connectivity index (χ1n) is 6.82. The second-order valence-electron chi connectivity index (χ2n) is 4.94. The van der Waals surface area contributed by atoms with Crippen molar-refractivity contribution in [2.45, 2.75) is 13.0 Å². The topological polar surface area (TPSA) is 71.0 Å². The van der Waals surface area contributed by atoms with Gasteiger partial charge in [0.2, 0.25) is 6.79 Å². The lowest BCUT2D eigenvalue weighted by Crippen LogP contribution is -2.16. The maximum absolute atomic E-state index is 9.43. The van der Waals surface area contributed by atoms with Crippen molar-refractivity contribution in [3.05, 3.63) is 47.5 Å². The van der Waals surface area contributed by atoms with E-state index in [1.807, 2.05) is 18.2 Å². The summed E-state index contributed by atoms with van der Waals surface area (Å²) in [6.45, 7) is 1.80. The average Bonchev–Trinajstić information content (AvgIpc) is 2.95. The number of fused-ring (bicyclic) bond motifs is 1. The van der Waals surface area contributed by atoms with E-state index in [-0.39, 0.29) is 18.3 Å². The Bertz CT molecular complexity index is 642. The van der Waals surface area contributed by atoms with Crippen LogP contribution in [0.3, 0.4) is 0 Å². The lowest BCUT2D eigenvalue weighted by atomic mass is 10.1. The lowest BCUT2D eigenvalue weighted by molar-refractivity contribution is 0.174. The molecule has 110 valence electrons. The van der Waals surface area contributed by atoms with Crippen molar-refractivity contribution in [2.75, 3.05) is 13.3 Å². The number of hydrogen-bond donors (Lipinski definition) is 3. The monoisotopic (exact) mass is 287 g/mol. The summed E-state index contributed by atoms with van der Waals surface area (Å²) in [5.41, 5.74) is 2.11. The molecule has 1 aliphatic rings. The molecule has 0 aromatic heterocycles. The Kier molecular flexibility index (Phi) is 3.83. The van der Waals surface area contributed by atoms with Gasteiger partial charge in [0, 0.05) is 6.54 Å². The second kappa shape index (κ2) is 5.93. The standard InChI is InChI=1S/C16H17NO4/c18-13-3-1-11(7-14(13)19)5-6-17-9-12-2-4-15-16(8-12)21-10-20-15/h1-4,7-8,17-19H,5-6,9-10H2. The van der Waals surface area contributed by atoms with Crippen molar-refractivity contribution < 1.29 is 19.7 Å². The molecule has 2 aromatic rings. The lowest BCUT2D eigenvalue weighted by Gasteiger charge is -2.07. The van der Waals surface area contributed by atoms with Gasteiger partial charge in [0.25, 0.3) is 0 Å². The van der Waals surface area contributed by atoms with Crippen LogP contribution >= 0.6 is 0 Å². The Labute approximate surface area is 122 Å². The first-order valence-corrected chi connectivity index (χ1v) is 6.82. The number of ether oxygens (including phenoxy) is 2. The van der Waals surface area contributed by atoms with E-state index in [9.17, 15) is 10.2 Å². The predicted octanol–water partition coefficient (Wildman–Crippen LogP) is 2.16. The zero-order valence-electron chi connectivity index (χ0n) is 11.5. The zero-order chi connectivity index (χ0) is 14.7. The molecule has 0 amide bonds. The van der Waals surface area contributed by atoms with Crippen molar-refractivity contribution >= 4 is 0 Å². The third-order valence-electron chi connectivity index (χ3n) is 3.40. The summed E-state index contributed by atoms with van der Waals surface area (Å²) in [6.07, 6.45) is 0.776. The first-order chi connectivity index (χ1) is 10.2. The van der Waals surface area contributed by atoms with Crippen LogP contribution in [-0.4, -0.2) is 23.6 Å². The Morgan fingerprint density at radius 1 is 0.905 bits per heavy atom. The van der Waals surface area contributed by atoms with E-state index in [0.717, 1.165) is 42.1 Å². The SMILES string of the molecule is Oc1ccc(CCNCc2ccc3c(c2)OCO3)cc1O. The zero-order valence-corrected chi connectivity index (χ0v) is 11.5. The maximum atomic E-state index is 9.43.